The van der Waals surface area contributed by atoms with Gasteiger partial charge in [-0.3, -0.25) is 4.79 Å². The van der Waals surface area contributed by atoms with Gasteiger partial charge in [-0.25, -0.2) is 0 Å². The van der Waals surface area contributed by atoms with E-state index in [-0.39, 0.29) is 11.9 Å². The molecule has 70 valence electrons. The lowest BCUT2D eigenvalue weighted by Gasteiger charge is -2.27. The minimum atomic E-state index is 0.0184. The van der Waals surface area contributed by atoms with E-state index < -0.39 is 0 Å². The van der Waals surface area contributed by atoms with E-state index in [2.05, 4.69) is 13.8 Å². The summed E-state index contributed by atoms with van der Waals surface area (Å²) in [5, 5.41) is 0. The molecule has 12 heavy (non-hydrogen) atoms. The average molecular weight is 170 g/mol. The zero-order valence-electron chi connectivity index (χ0n) is 8.01. The lowest BCUT2D eigenvalue weighted by Crippen LogP contribution is -2.30. The SMILES string of the molecule is CCCC1COC(=O)C(CC)C1. The molecule has 1 aliphatic heterocycles. The quantitative estimate of drug-likeness (QED) is 0.608. The van der Waals surface area contributed by atoms with Crippen LogP contribution in [-0.2, 0) is 9.53 Å². The third-order valence-electron chi connectivity index (χ3n) is 2.60. The molecule has 1 saturated heterocycles. The summed E-state index contributed by atoms with van der Waals surface area (Å²) in [6.45, 7) is 4.89. The largest absolute Gasteiger partial charge is 0.465 e. The van der Waals surface area contributed by atoms with Crippen molar-refractivity contribution in [3.63, 3.8) is 0 Å². The normalized spacial score (nSPS) is 30.0. The fourth-order valence-electron chi connectivity index (χ4n) is 1.83. The molecule has 0 radical (unpaired) electrons. The monoisotopic (exact) mass is 170 g/mol. The van der Waals surface area contributed by atoms with E-state index in [1.54, 1.807) is 0 Å². The molecule has 2 atom stereocenters. The van der Waals surface area contributed by atoms with Gasteiger partial charge < -0.3 is 4.74 Å². The fourth-order valence-corrected chi connectivity index (χ4v) is 1.83. The van der Waals surface area contributed by atoms with Crippen LogP contribution in [0.3, 0.4) is 0 Å². The number of carbonyl (C=O) groups excluding carboxylic acids is 1. The van der Waals surface area contributed by atoms with E-state index in [4.69, 9.17) is 4.74 Å². The van der Waals surface area contributed by atoms with E-state index in [1.165, 1.54) is 12.8 Å². The van der Waals surface area contributed by atoms with Gasteiger partial charge in [-0.2, -0.15) is 0 Å². The van der Waals surface area contributed by atoms with Gasteiger partial charge in [0.05, 0.1) is 12.5 Å². The zero-order valence-corrected chi connectivity index (χ0v) is 8.01. The molecule has 2 unspecified atom stereocenters. The minimum Gasteiger partial charge on any atom is -0.465 e. The second-order valence-corrected chi connectivity index (χ2v) is 3.63. The van der Waals surface area contributed by atoms with Crippen molar-refractivity contribution >= 4 is 5.97 Å². The Morgan fingerprint density at radius 1 is 1.50 bits per heavy atom. The molecule has 0 amide bonds. The van der Waals surface area contributed by atoms with Gasteiger partial charge in [-0.05, 0) is 25.2 Å². The second kappa shape index (κ2) is 4.48. The first-order valence-corrected chi connectivity index (χ1v) is 4.94. The van der Waals surface area contributed by atoms with Gasteiger partial charge in [0.15, 0.2) is 0 Å². The maximum atomic E-state index is 11.2. The number of cyclic esters (lactones) is 1. The van der Waals surface area contributed by atoms with Crippen molar-refractivity contribution in [2.24, 2.45) is 11.8 Å². The predicted molar refractivity (Wildman–Crippen MR) is 47.8 cm³/mol. The summed E-state index contributed by atoms with van der Waals surface area (Å²) in [6.07, 6.45) is 4.37. The molecule has 1 fully saturated rings. The summed E-state index contributed by atoms with van der Waals surface area (Å²) >= 11 is 0. The van der Waals surface area contributed by atoms with Gasteiger partial charge in [0.1, 0.15) is 0 Å². The van der Waals surface area contributed by atoms with Crippen molar-refractivity contribution in [2.75, 3.05) is 6.61 Å². The Kier molecular flexibility index (Phi) is 3.57. The van der Waals surface area contributed by atoms with Crippen LogP contribution >= 0.6 is 0 Å². The molecule has 0 aromatic rings. The van der Waals surface area contributed by atoms with Crippen molar-refractivity contribution in [1.82, 2.24) is 0 Å². The Labute approximate surface area is 74.3 Å². The van der Waals surface area contributed by atoms with Crippen LogP contribution in [0.4, 0.5) is 0 Å². The smallest absolute Gasteiger partial charge is 0.308 e. The number of hydrogen-bond acceptors (Lipinski definition) is 2. The fraction of sp³-hybridized carbons (Fsp3) is 0.900. The Hall–Kier alpha value is -0.530. The predicted octanol–water partition coefficient (Wildman–Crippen LogP) is 2.38. The molecule has 0 N–H and O–H groups in total. The summed E-state index contributed by atoms with van der Waals surface area (Å²) in [6, 6.07) is 0. The number of esters is 1. The van der Waals surface area contributed by atoms with Crippen LogP contribution in [0.5, 0.6) is 0 Å². The number of carbonyl (C=O) groups is 1. The van der Waals surface area contributed by atoms with Crippen LogP contribution in [0.1, 0.15) is 39.5 Å². The molecule has 1 rings (SSSR count). The van der Waals surface area contributed by atoms with Crippen LogP contribution < -0.4 is 0 Å². The molecule has 0 aliphatic carbocycles. The van der Waals surface area contributed by atoms with Gasteiger partial charge in [0.2, 0.25) is 0 Å². The van der Waals surface area contributed by atoms with E-state index >= 15 is 0 Å². The van der Waals surface area contributed by atoms with E-state index in [0.29, 0.717) is 12.5 Å². The second-order valence-electron chi connectivity index (χ2n) is 3.63. The molecule has 2 nitrogen and oxygen atoms in total. The van der Waals surface area contributed by atoms with Gasteiger partial charge in [-0.15, -0.1) is 0 Å². The molecule has 2 heteroatoms. The van der Waals surface area contributed by atoms with Crippen LogP contribution in [0.2, 0.25) is 0 Å². The molecular weight excluding hydrogens is 152 g/mol. The molecular formula is C10H18O2. The Morgan fingerprint density at radius 2 is 2.25 bits per heavy atom. The van der Waals surface area contributed by atoms with Crippen molar-refractivity contribution in [3.8, 4) is 0 Å². The number of rotatable bonds is 3. The van der Waals surface area contributed by atoms with E-state index in [0.717, 1.165) is 12.8 Å². The van der Waals surface area contributed by atoms with Gasteiger partial charge >= 0.3 is 5.97 Å². The lowest BCUT2D eigenvalue weighted by molar-refractivity contribution is -0.156. The molecule has 0 spiro atoms. The third-order valence-corrected chi connectivity index (χ3v) is 2.60. The topological polar surface area (TPSA) is 26.3 Å². The molecule has 0 saturated carbocycles. The molecule has 1 aliphatic rings. The zero-order chi connectivity index (χ0) is 8.97. The summed E-state index contributed by atoms with van der Waals surface area (Å²) in [5.41, 5.74) is 0. The number of ether oxygens (including phenoxy) is 1. The van der Waals surface area contributed by atoms with Crippen LogP contribution in [0, 0.1) is 11.8 Å². The first-order chi connectivity index (χ1) is 5.77. The Balaban J connectivity index is 2.38. The highest BCUT2D eigenvalue weighted by molar-refractivity contribution is 5.73. The van der Waals surface area contributed by atoms with Gasteiger partial charge in [0.25, 0.3) is 0 Å². The average Bonchev–Trinajstić information content (AvgIpc) is 2.09. The highest BCUT2D eigenvalue weighted by atomic mass is 16.5. The summed E-state index contributed by atoms with van der Waals surface area (Å²) in [5.74, 6) is 0.817. The summed E-state index contributed by atoms with van der Waals surface area (Å²) in [7, 11) is 0. The summed E-state index contributed by atoms with van der Waals surface area (Å²) < 4.78 is 5.11. The van der Waals surface area contributed by atoms with Crippen molar-refractivity contribution in [2.45, 2.75) is 39.5 Å². The third kappa shape index (κ3) is 2.23. The van der Waals surface area contributed by atoms with Gasteiger partial charge in [-0.1, -0.05) is 20.3 Å². The molecule has 1 heterocycles. The van der Waals surface area contributed by atoms with Crippen LogP contribution in [0.15, 0.2) is 0 Å². The minimum absolute atomic E-state index is 0.0184. The van der Waals surface area contributed by atoms with Crippen molar-refractivity contribution in [3.05, 3.63) is 0 Å². The standard InChI is InChI=1S/C10H18O2/c1-3-5-8-6-9(4-2)10(11)12-7-8/h8-9H,3-7H2,1-2H3. The highest BCUT2D eigenvalue weighted by Crippen LogP contribution is 2.26. The first-order valence-electron chi connectivity index (χ1n) is 4.94. The first kappa shape index (κ1) is 9.56. The van der Waals surface area contributed by atoms with Crippen molar-refractivity contribution < 1.29 is 9.53 Å². The molecule has 0 bridgehead atoms. The number of hydrogen-bond donors (Lipinski definition) is 0. The lowest BCUT2D eigenvalue weighted by atomic mass is 9.88. The maximum absolute atomic E-state index is 11.2. The van der Waals surface area contributed by atoms with E-state index in [1.807, 2.05) is 0 Å². The highest BCUT2D eigenvalue weighted by Gasteiger charge is 2.28. The van der Waals surface area contributed by atoms with E-state index in [9.17, 15) is 4.79 Å². The van der Waals surface area contributed by atoms with Gasteiger partial charge in [0, 0.05) is 0 Å². The maximum Gasteiger partial charge on any atom is 0.308 e. The Morgan fingerprint density at radius 3 is 2.83 bits per heavy atom. The summed E-state index contributed by atoms with van der Waals surface area (Å²) in [4.78, 5) is 11.2. The van der Waals surface area contributed by atoms with Crippen LogP contribution in [-0.4, -0.2) is 12.6 Å². The molecule has 0 aromatic heterocycles. The molecule has 0 aromatic carbocycles. The van der Waals surface area contributed by atoms with Crippen LogP contribution in [0.25, 0.3) is 0 Å². The van der Waals surface area contributed by atoms with Crippen molar-refractivity contribution in [1.29, 1.82) is 0 Å². The Bertz CT molecular complexity index is 154.